The van der Waals surface area contributed by atoms with E-state index in [9.17, 15) is 4.79 Å². The Labute approximate surface area is 122 Å². The van der Waals surface area contributed by atoms with Gasteiger partial charge in [0, 0.05) is 9.75 Å². The third-order valence-electron chi connectivity index (χ3n) is 3.07. The SMILES string of the molecule is Cc1cc(C(C)Nc2ncc(N)cc2C(N)=O)c(C)s1. The van der Waals surface area contributed by atoms with Gasteiger partial charge in [0.15, 0.2) is 0 Å². The monoisotopic (exact) mass is 290 g/mol. The van der Waals surface area contributed by atoms with Gasteiger partial charge in [-0.15, -0.1) is 11.3 Å². The van der Waals surface area contributed by atoms with E-state index in [-0.39, 0.29) is 6.04 Å². The fourth-order valence-electron chi connectivity index (χ4n) is 2.15. The maximum atomic E-state index is 11.5. The largest absolute Gasteiger partial charge is 0.397 e. The molecule has 0 saturated heterocycles. The van der Waals surface area contributed by atoms with E-state index in [0.717, 1.165) is 0 Å². The Bertz CT molecular complexity index is 651. The van der Waals surface area contributed by atoms with E-state index in [1.54, 1.807) is 11.3 Å². The van der Waals surface area contributed by atoms with Crippen LogP contribution in [0.15, 0.2) is 18.3 Å². The summed E-state index contributed by atoms with van der Waals surface area (Å²) in [6.07, 6.45) is 1.51. The van der Waals surface area contributed by atoms with Crippen molar-refractivity contribution in [3.63, 3.8) is 0 Å². The molecule has 0 aliphatic rings. The molecule has 0 radical (unpaired) electrons. The lowest BCUT2D eigenvalue weighted by Gasteiger charge is -2.16. The summed E-state index contributed by atoms with van der Waals surface area (Å²) in [5, 5.41) is 3.23. The number of primary amides is 1. The Morgan fingerprint density at radius 2 is 2.10 bits per heavy atom. The maximum Gasteiger partial charge on any atom is 0.252 e. The minimum atomic E-state index is -0.544. The highest BCUT2D eigenvalue weighted by molar-refractivity contribution is 7.12. The van der Waals surface area contributed by atoms with Gasteiger partial charge < -0.3 is 16.8 Å². The number of nitrogen functional groups attached to an aromatic ring is 1. The van der Waals surface area contributed by atoms with Gasteiger partial charge in [-0.05, 0) is 38.5 Å². The van der Waals surface area contributed by atoms with Crippen LogP contribution >= 0.6 is 11.3 Å². The predicted octanol–water partition coefficient (Wildman–Crippen LogP) is 2.61. The van der Waals surface area contributed by atoms with E-state index in [4.69, 9.17) is 11.5 Å². The first kappa shape index (κ1) is 14.3. The molecule has 106 valence electrons. The van der Waals surface area contributed by atoms with E-state index in [1.165, 1.54) is 27.6 Å². The molecule has 6 heteroatoms. The lowest BCUT2D eigenvalue weighted by molar-refractivity contribution is 0.100. The number of nitrogens with two attached hydrogens (primary N) is 2. The van der Waals surface area contributed by atoms with Crippen molar-refractivity contribution in [2.75, 3.05) is 11.1 Å². The standard InChI is InChI=1S/C14H18N4OS/c1-7-4-11(9(3)20-7)8(2)18-14-12(13(16)19)5-10(15)6-17-14/h4-6,8H,15H2,1-3H3,(H2,16,19)(H,17,18). The summed E-state index contributed by atoms with van der Waals surface area (Å²) >= 11 is 1.75. The fraction of sp³-hybridized carbons (Fsp3) is 0.286. The molecule has 0 aliphatic heterocycles. The van der Waals surface area contributed by atoms with Gasteiger partial charge in [-0.25, -0.2) is 4.98 Å². The minimum absolute atomic E-state index is 0.0363. The molecule has 1 amide bonds. The predicted molar refractivity (Wildman–Crippen MR) is 83.0 cm³/mol. The van der Waals surface area contributed by atoms with Crippen LogP contribution in [-0.2, 0) is 0 Å². The van der Waals surface area contributed by atoms with Crippen LogP contribution in [0.2, 0.25) is 0 Å². The molecule has 2 aromatic rings. The number of nitrogens with zero attached hydrogens (tertiary/aromatic N) is 1. The average molecular weight is 290 g/mol. The van der Waals surface area contributed by atoms with Gasteiger partial charge in [0.05, 0.1) is 23.5 Å². The first-order valence-corrected chi connectivity index (χ1v) is 7.09. The number of amides is 1. The van der Waals surface area contributed by atoms with Gasteiger partial charge in [0.1, 0.15) is 5.82 Å². The Kier molecular flexibility index (Phi) is 3.94. The number of rotatable bonds is 4. The quantitative estimate of drug-likeness (QED) is 0.806. The average Bonchev–Trinajstić information content (AvgIpc) is 2.70. The molecule has 2 aromatic heterocycles. The number of aromatic nitrogens is 1. The zero-order valence-corrected chi connectivity index (χ0v) is 12.5. The van der Waals surface area contributed by atoms with Crippen LogP contribution in [0.5, 0.6) is 0 Å². The molecule has 5 N–H and O–H groups in total. The number of thiophene rings is 1. The number of nitrogens with one attached hydrogen (secondary N) is 1. The van der Waals surface area contributed by atoms with Gasteiger partial charge >= 0.3 is 0 Å². The molecule has 2 rings (SSSR count). The second kappa shape index (κ2) is 5.50. The Morgan fingerprint density at radius 1 is 1.40 bits per heavy atom. The normalized spacial score (nSPS) is 12.2. The van der Waals surface area contributed by atoms with Crippen molar-refractivity contribution in [3.8, 4) is 0 Å². The summed E-state index contributed by atoms with van der Waals surface area (Å²) in [4.78, 5) is 18.1. The van der Waals surface area contributed by atoms with Gasteiger partial charge in [-0.2, -0.15) is 0 Å². The minimum Gasteiger partial charge on any atom is -0.397 e. The van der Waals surface area contributed by atoms with E-state index < -0.39 is 5.91 Å². The third-order valence-corrected chi connectivity index (χ3v) is 4.06. The van der Waals surface area contributed by atoms with Gasteiger partial charge in [0.2, 0.25) is 0 Å². The number of pyridine rings is 1. The molecule has 0 aromatic carbocycles. The Hall–Kier alpha value is -2.08. The zero-order chi connectivity index (χ0) is 14.9. The number of hydrogen-bond donors (Lipinski definition) is 3. The first-order chi connectivity index (χ1) is 9.38. The maximum absolute atomic E-state index is 11.5. The molecule has 0 spiro atoms. The molecule has 1 atom stereocenters. The zero-order valence-electron chi connectivity index (χ0n) is 11.7. The number of hydrogen-bond acceptors (Lipinski definition) is 5. The Morgan fingerprint density at radius 3 is 2.65 bits per heavy atom. The lowest BCUT2D eigenvalue weighted by Crippen LogP contribution is -2.17. The van der Waals surface area contributed by atoms with Crippen molar-refractivity contribution in [1.82, 2.24) is 4.98 Å². The summed E-state index contributed by atoms with van der Waals surface area (Å²) in [7, 11) is 0. The van der Waals surface area contributed by atoms with Crippen molar-refractivity contribution in [2.45, 2.75) is 26.8 Å². The molecule has 5 nitrogen and oxygen atoms in total. The summed E-state index contributed by atoms with van der Waals surface area (Å²) in [6.45, 7) is 6.18. The smallest absolute Gasteiger partial charge is 0.252 e. The van der Waals surface area contributed by atoms with Crippen molar-refractivity contribution in [1.29, 1.82) is 0 Å². The van der Waals surface area contributed by atoms with Gasteiger partial charge in [-0.3, -0.25) is 4.79 Å². The van der Waals surface area contributed by atoms with Crippen LogP contribution in [0, 0.1) is 13.8 Å². The molecule has 2 heterocycles. The van der Waals surface area contributed by atoms with Crippen molar-refractivity contribution in [2.24, 2.45) is 5.73 Å². The van der Waals surface area contributed by atoms with Crippen LogP contribution in [0.1, 0.15) is 38.6 Å². The summed E-state index contributed by atoms with van der Waals surface area (Å²) in [6, 6.07) is 3.71. The van der Waals surface area contributed by atoms with Gasteiger partial charge in [0.25, 0.3) is 5.91 Å². The van der Waals surface area contributed by atoms with Crippen molar-refractivity contribution >= 4 is 28.7 Å². The highest BCUT2D eigenvalue weighted by atomic mass is 32.1. The Balaban J connectivity index is 2.30. The van der Waals surface area contributed by atoms with Crippen LogP contribution in [0.25, 0.3) is 0 Å². The van der Waals surface area contributed by atoms with E-state index in [0.29, 0.717) is 17.1 Å². The second-order valence-electron chi connectivity index (χ2n) is 4.76. The molecule has 20 heavy (non-hydrogen) atoms. The molecule has 1 unspecified atom stereocenters. The van der Waals surface area contributed by atoms with Crippen LogP contribution in [0.4, 0.5) is 11.5 Å². The summed E-state index contributed by atoms with van der Waals surface area (Å²) < 4.78 is 0. The molecular formula is C14H18N4OS. The molecule has 0 bridgehead atoms. The first-order valence-electron chi connectivity index (χ1n) is 6.27. The highest BCUT2D eigenvalue weighted by Gasteiger charge is 2.16. The van der Waals surface area contributed by atoms with Crippen molar-refractivity contribution in [3.05, 3.63) is 39.2 Å². The summed E-state index contributed by atoms with van der Waals surface area (Å²) in [5.74, 6) is -0.0832. The van der Waals surface area contributed by atoms with E-state index in [1.807, 2.05) is 6.92 Å². The van der Waals surface area contributed by atoms with Crippen LogP contribution < -0.4 is 16.8 Å². The summed E-state index contributed by atoms with van der Waals surface area (Å²) in [5.41, 5.74) is 12.9. The second-order valence-corrected chi connectivity index (χ2v) is 6.22. The highest BCUT2D eigenvalue weighted by Crippen LogP contribution is 2.29. The fourth-order valence-corrected chi connectivity index (χ4v) is 3.17. The number of anilines is 2. The van der Waals surface area contributed by atoms with E-state index in [2.05, 4.69) is 30.2 Å². The topological polar surface area (TPSA) is 94.0 Å². The molecule has 0 aliphatic carbocycles. The van der Waals surface area contributed by atoms with E-state index >= 15 is 0 Å². The van der Waals surface area contributed by atoms with Gasteiger partial charge in [-0.1, -0.05) is 0 Å². The van der Waals surface area contributed by atoms with Crippen LogP contribution in [-0.4, -0.2) is 10.9 Å². The lowest BCUT2D eigenvalue weighted by atomic mass is 10.1. The van der Waals surface area contributed by atoms with Crippen LogP contribution in [0.3, 0.4) is 0 Å². The number of aryl methyl sites for hydroxylation is 2. The number of carbonyl (C=O) groups is 1. The van der Waals surface area contributed by atoms with Crippen molar-refractivity contribution < 1.29 is 4.79 Å². The molecule has 0 fully saturated rings. The molecular weight excluding hydrogens is 272 g/mol. The number of carbonyl (C=O) groups excluding carboxylic acids is 1. The third kappa shape index (κ3) is 2.91. The molecule has 0 saturated carbocycles.